The molecule has 2 rings (SSSR count). The molecule has 0 bridgehead atoms. The van der Waals surface area contributed by atoms with E-state index in [1.807, 2.05) is 57.2 Å². The number of hydrogen-bond donors (Lipinski definition) is 2. The minimum Gasteiger partial charge on any atom is -0.342 e. The molecule has 2 N–H and O–H groups in total. The third kappa shape index (κ3) is 5.91. The van der Waals surface area contributed by atoms with Crippen molar-refractivity contribution in [3.8, 4) is 6.07 Å². The number of sulfonamides is 1. The average molecular weight is 400 g/mol. The predicted octanol–water partition coefficient (Wildman–Crippen LogP) is 2.51. The maximum Gasteiger partial charge on any atom is 0.241 e. The molecule has 2 aromatic rings. The summed E-state index contributed by atoms with van der Waals surface area (Å²) in [6, 6.07) is 16.5. The fourth-order valence-electron chi connectivity index (χ4n) is 2.68. The molecule has 0 saturated heterocycles. The molecule has 0 radical (unpaired) electrons. The van der Waals surface area contributed by atoms with Gasteiger partial charge in [-0.3, -0.25) is 4.79 Å². The van der Waals surface area contributed by atoms with E-state index in [2.05, 4.69) is 10.0 Å². The Kier molecular flexibility index (Phi) is 6.95. The maximum atomic E-state index is 12.8. The Bertz CT molecular complexity index is 941. The monoisotopic (exact) mass is 399 g/mol. The van der Waals surface area contributed by atoms with Crippen LogP contribution >= 0.6 is 0 Å². The summed E-state index contributed by atoms with van der Waals surface area (Å²) in [6.45, 7) is 5.95. The van der Waals surface area contributed by atoms with Gasteiger partial charge in [-0.2, -0.15) is 9.98 Å². The molecule has 7 heteroatoms. The van der Waals surface area contributed by atoms with Crippen LogP contribution in [0, 0.1) is 11.3 Å². The highest BCUT2D eigenvalue weighted by atomic mass is 32.2. The number of carbonyl (C=O) groups is 1. The van der Waals surface area contributed by atoms with Crippen molar-refractivity contribution in [2.45, 2.75) is 43.5 Å². The molecular weight excluding hydrogens is 374 g/mol. The fourth-order valence-corrected chi connectivity index (χ4v) is 3.87. The van der Waals surface area contributed by atoms with Crippen molar-refractivity contribution in [1.29, 1.82) is 5.26 Å². The van der Waals surface area contributed by atoms with Crippen molar-refractivity contribution in [3.63, 3.8) is 0 Å². The predicted molar refractivity (Wildman–Crippen MR) is 108 cm³/mol. The molecule has 0 aliphatic heterocycles. The fraction of sp³-hybridized carbons (Fsp3) is 0.333. The summed E-state index contributed by atoms with van der Waals surface area (Å²) in [7, 11) is -3.91. The summed E-state index contributed by atoms with van der Waals surface area (Å²) in [6.07, 6.45) is 0.178. The van der Waals surface area contributed by atoms with Crippen LogP contribution in [0.3, 0.4) is 0 Å². The Morgan fingerprint density at radius 3 is 2.21 bits per heavy atom. The van der Waals surface area contributed by atoms with Crippen molar-refractivity contribution in [1.82, 2.24) is 10.0 Å². The molecule has 0 aromatic heterocycles. The van der Waals surface area contributed by atoms with Gasteiger partial charge in [0.25, 0.3) is 0 Å². The van der Waals surface area contributed by atoms with Crippen LogP contribution < -0.4 is 10.0 Å². The van der Waals surface area contributed by atoms with Crippen molar-refractivity contribution in [3.05, 3.63) is 65.7 Å². The number of hydrogen-bond acceptors (Lipinski definition) is 4. The van der Waals surface area contributed by atoms with E-state index in [4.69, 9.17) is 5.26 Å². The van der Waals surface area contributed by atoms with Gasteiger partial charge < -0.3 is 5.32 Å². The summed E-state index contributed by atoms with van der Waals surface area (Å²) >= 11 is 0. The first kappa shape index (κ1) is 21.6. The minimum atomic E-state index is -3.91. The van der Waals surface area contributed by atoms with Crippen LogP contribution in [0.5, 0.6) is 0 Å². The van der Waals surface area contributed by atoms with Crippen LogP contribution in [-0.4, -0.2) is 26.9 Å². The number of amides is 1. The molecule has 2 aromatic carbocycles. The third-order valence-electron chi connectivity index (χ3n) is 4.27. The van der Waals surface area contributed by atoms with Gasteiger partial charge in [-0.25, -0.2) is 8.42 Å². The molecule has 0 aliphatic rings. The van der Waals surface area contributed by atoms with Gasteiger partial charge >= 0.3 is 0 Å². The normalized spacial score (nSPS) is 12.8. The molecule has 0 aliphatic carbocycles. The lowest BCUT2D eigenvalue weighted by Gasteiger charge is -2.20. The number of carbonyl (C=O) groups excluding carboxylic acids is 1. The highest BCUT2D eigenvalue weighted by Gasteiger charge is 2.26. The van der Waals surface area contributed by atoms with E-state index in [0.717, 1.165) is 11.1 Å². The second kappa shape index (κ2) is 9.00. The van der Waals surface area contributed by atoms with Gasteiger partial charge in [-0.05, 0) is 35.1 Å². The van der Waals surface area contributed by atoms with Crippen LogP contribution in [0.4, 0.5) is 0 Å². The molecule has 1 atom stereocenters. The molecule has 6 nitrogen and oxygen atoms in total. The van der Waals surface area contributed by atoms with E-state index < -0.39 is 22.0 Å². The highest BCUT2D eigenvalue weighted by Crippen LogP contribution is 2.23. The van der Waals surface area contributed by atoms with E-state index in [0.29, 0.717) is 0 Å². The zero-order chi connectivity index (χ0) is 20.8. The van der Waals surface area contributed by atoms with E-state index in [1.54, 1.807) is 12.1 Å². The molecule has 0 heterocycles. The van der Waals surface area contributed by atoms with Crippen LogP contribution in [0.25, 0.3) is 0 Å². The summed E-state index contributed by atoms with van der Waals surface area (Å²) in [5.41, 5.74) is 1.73. The molecular formula is C21H25N3O3S. The average Bonchev–Trinajstić information content (AvgIpc) is 2.65. The summed E-state index contributed by atoms with van der Waals surface area (Å²) in [5, 5.41) is 11.1. The zero-order valence-electron chi connectivity index (χ0n) is 16.3. The molecule has 1 amide bonds. The molecule has 0 spiro atoms. The molecule has 0 fully saturated rings. The van der Waals surface area contributed by atoms with Gasteiger partial charge in [-0.15, -0.1) is 0 Å². The largest absolute Gasteiger partial charge is 0.342 e. The van der Waals surface area contributed by atoms with Crippen LogP contribution in [0.1, 0.15) is 31.9 Å². The number of nitrogens with zero attached hydrogens (tertiary/aromatic N) is 1. The van der Waals surface area contributed by atoms with Gasteiger partial charge in [0.1, 0.15) is 12.6 Å². The van der Waals surface area contributed by atoms with Crippen LogP contribution in [-0.2, 0) is 26.7 Å². The molecule has 148 valence electrons. The second-order valence-corrected chi connectivity index (χ2v) is 9.23. The summed E-state index contributed by atoms with van der Waals surface area (Å²) < 4.78 is 28.1. The lowest BCUT2D eigenvalue weighted by atomic mass is 9.87. The number of nitriles is 1. The topological polar surface area (TPSA) is 99.1 Å². The number of benzene rings is 2. The quantitative estimate of drug-likeness (QED) is 0.699. The first-order valence-corrected chi connectivity index (χ1v) is 10.4. The number of nitrogens with one attached hydrogen (secondary N) is 2. The smallest absolute Gasteiger partial charge is 0.241 e. The lowest BCUT2D eigenvalue weighted by Crippen LogP contribution is -2.48. The second-order valence-electron chi connectivity index (χ2n) is 7.51. The number of rotatable bonds is 7. The van der Waals surface area contributed by atoms with Crippen molar-refractivity contribution in [2.75, 3.05) is 6.54 Å². The van der Waals surface area contributed by atoms with Crippen LogP contribution in [0.2, 0.25) is 0 Å². The van der Waals surface area contributed by atoms with Crippen molar-refractivity contribution in [2.24, 2.45) is 0 Å². The Balaban J connectivity index is 2.25. The Hall–Kier alpha value is -2.69. The first-order chi connectivity index (χ1) is 13.1. The van der Waals surface area contributed by atoms with Gasteiger partial charge in [0.05, 0.1) is 11.0 Å². The zero-order valence-corrected chi connectivity index (χ0v) is 17.1. The lowest BCUT2D eigenvalue weighted by molar-refractivity contribution is -0.122. The minimum absolute atomic E-state index is 0.0895. The Morgan fingerprint density at radius 1 is 1.07 bits per heavy atom. The summed E-state index contributed by atoms with van der Waals surface area (Å²) in [4.78, 5) is 12.5. The Labute approximate surface area is 166 Å². The third-order valence-corrected chi connectivity index (χ3v) is 5.76. The molecule has 28 heavy (non-hydrogen) atoms. The van der Waals surface area contributed by atoms with E-state index in [-0.39, 0.29) is 23.3 Å². The van der Waals surface area contributed by atoms with Crippen LogP contribution in [0.15, 0.2) is 59.5 Å². The summed E-state index contributed by atoms with van der Waals surface area (Å²) in [5.74, 6) is -0.541. The first-order valence-electron chi connectivity index (χ1n) is 8.95. The van der Waals surface area contributed by atoms with Crippen molar-refractivity contribution >= 4 is 15.9 Å². The standard InChI is InChI=1S/C21H25N3O3S/c1-21(2,3)17-9-11-18(12-10-17)28(26,27)24-19(20(25)23-14-13-22)15-16-7-5-4-6-8-16/h4-12,19,24H,14-15H2,1-3H3,(H,23,25). The molecule has 1 unspecified atom stereocenters. The van der Waals surface area contributed by atoms with E-state index in [9.17, 15) is 13.2 Å². The Morgan fingerprint density at radius 2 is 1.68 bits per heavy atom. The van der Waals surface area contributed by atoms with E-state index >= 15 is 0 Å². The van der Waals surface area contributed by atoms with Crippen molar-refractivity contribution < 1.29 is 13.2 Å². The highest BCUT2D eigenvalue weighted by molar-refractivity contribution is 7.89. The SMILES string of the molecule is CC(C)(C)c1ccc(S(=O)(=O)NC(Cc2ccccc2)C(=O)NCC#N)cc1. The van der Waals surface area contributed by atoms with Gasteiger partial charge in [0.2, 0.25) is 15.9 Å². The van der Waals surface area contributed by atoms with E-state index in [1.165, 1.54) is 12.1 Å². The molecule has 0 saturated carbocycles. The van der Waals surface area contributed by atoms with Gasteiger partial charge in [0, 0.05) is 0 Å². The maximum absolute atomic E-state index is 12.8. The van der Waals surface area contributed by atoms with Gasteiger partial charge in [-0.1, -0.05) is 63.2 Å². The van der Waals surface area contributed by atoms with Gasteiger partial charge in [0.15, 0.2) is 0 Å².